The molecular weight excluding hydrogens is 166 g/mol. The molecule has 4 nitrogen and oxygen atoms in total. The summed E-state index contributed by atoms with van der Waals surface area (Å²) in [7, 11) is 0. The molecule has 0 fully saturated rings. The van der Waals surface area contributed by atoms with Crippen LogP contribution in [-0.4, -0.2) is 22.7 Å². The van der Waals surface area contributed by atoms with Gasteiger partial charge in [-0.2, -0.15) is 0 Å². The quantitative estimate of drug-likeness (QED) is 0.644. The van der Waals surface area contributed by atoms with Gasteiger partial charge in [-0.3, -0.25) is 4.98 Å². The number of aliphatic hydroxyl groups is 1. The summed E-state index contributed by atoms with van der Waals surface area (Å²) in [5.74, 6) is 0. The number of anilines is 2. The van der Waals surface area contributed by atoms with E-state index in [1.54, 1.807) is 19.3 Å². The van der Waals surface area contributed by atoms with E-state index in [0.717, 1.165) is 5.69 Å². The third-order valence-corrected chi connectivity index (χ3v) is 1.73. The van der Waals surface area contributed by atoms with Crippen LogP contribution in [0.2, 0.25) is 0 Å². The lowest BCUT2D eigenvalue weighted by atomic mass is 10.3. The molecule has 0 saturated heterocycles. The van der Waals surface area contributed by atoms with Crippen LogP contribution in [0.25, 0.3) is 0 Å². The molecule has 1 unspecified atom stereocenters. The average molecular weight is 181 g/mol. The van der Waals surface area contributed by atoms with Gasteiger partial charge in [-0.05, 0) is 19.4 Å². The van der Waals surface area contributed by atoms with Gasteiger partial charge in [-0.1, -0.05) is 0 Å². The summed E-state index contributed by atoms with van der Waals surface area (Å²) in [5, 5.41) is 12.1. The van der Waals surface area contributed by atoms with Crippen molar-refractivity contribution in [1.82, 2.24) is 4.98 Å². The summed E-state index contributed by atoms with van der Waals surface area (Å²) in [6.07, 6.45) is 3.71. The molecule has 0 aromatic carbocycles. The molecule has 0 spiro atoms. The zero-order valence-electron chi connectivity index (χ0n) is 7.70. The number of nitrogens with two attached hydrogens (primary N) is 1. The van der Waals surface area contributed by atoms with E-state index in [9.17, 15) is 0 Å². The number of aliphatic hydroxyl groups excluding tert-OH is 1. The Labute approximate surface area is 77.8 Å². The van der Waals surface area contributed by atoms with Crippen LogP contribution in [0.3, 0.4) is 0 Å². The first-order chi connectivity index (χ1) is 6.20. The van der Waals surface area contributed by atoms with Crippen LogP contribution < -0.4 is 11.1 Å². The molecule has 1 heterocycles. The highest BCUT2D eigenvalue weighted by Crippen LogP contribution is 2.14. The summed E-state index contributed by atoms with van der Waals surface area (Å²) < 4.78 is 0. The van der Waals surface area contributed by atoms with Gasteiger partial charge >= 0.3 is 0 Å². The normalized spacial score (nSPS) is 12.5. The minimum Gasteiger partial charge on any atom is -0.396 e. The molecule has 1 aromatic heterocycles. The van der Waals surface area contributed by atoms with E-state index in [-0.39, 0.29) is 6.10 Å². The van der Waals surface area contributed by atoms with E-state index in [0.29, 0.717) is 18.7 Å². The highest BCUT2D eigenvalue weighted by Gasteiger charge is 1.98. The monoisotopic (exact) mass is 181 g/mol. The Morgan fingerprint density at radius 3 is 3.08 bits per heavy atom. The minimum atomic E-state index is -0.282. The highest BCUT2D eigenvalue weighted by atomic mass is 16.3. The second-order valence-electron chi connectivity index (χ2n) is 3.03. The molecule has 1 aromatic rings. The second-order valence-corrected chi connectivity index (χ2v) is 3.03. The molecule has 13 heavy (non-hydrogen) atoms. The van der Waals surface area contributed by atoms with E-state index < -0.39 is 0 Å². The fourth-order valence-electron chi connectivity index (χ4n) is 0.983. The van der Waals surface area contributed by atoms with E-state index >= 15 is 0 Å². The minimum absolute atomic E-state index is 0.282. The van der Waals surface area contributed by atoms with Gasteiger partial charge < -0.3 is 16.2 Å². The van der Waals surface area contributed by atoms with E-state index in [2.05, 4.69) is 10.3 Å². The van der Waals surface area contributed by atoms with Crippen LogP contribution in [0.15, 0.2) is 18.5 Å². The van der Waals surface area contributed by atoms with E-state index in [1.807, 2.05) is 6.07 Å². The maximum atomic E-state index is 9.02. The smallest absolute Gasteiger partial charge is 0.0736 e. The molecule has 0 amide bonds. The average Bonchev–Trinajstić information content (AvgIpc) is 2.08. The first-order valence-corrected chi connectivity index (χ1v) is 4.31. The number of pyridine rings is 1. The molecule has 0 aliphatic heterocycles. The zero-order chi connectivity index (χ0) is 9.68. The number of rotatable bonds is 4. The molecule has 1 rings (SSSR count). The van der Waals surface area contributed by atoms with Crippen molar-refractivity contribution in [2.24, 2.45) is 0 Å². The van der Waals surface area contributed by atoms with Gasteiger partial charge in [0.15, 0.2) is 0 Å². The Hall–Kier alpha value is -1.29. The molecule has 1 atom stereocenters. The molecule has 0 bridgehead atoms. The van der Waals surface area contributed by atoms with Crippen molar-refractivity contribution in [2.75, 3.05) is 17.6 Å². The highest BCUT2D eigenvalue weighted by molar-refractivity contribution is 5.64. The lowest BCUT2D eigenvalue weighted by Gasteiger charge is -2.09. The van der Waals surface area contributed by atoms with Crippen molar-refractivity contribution >= 4 is 11.4 Å². The van der Waals surface area contributed by atoms with Gasteiger partial charge in [0, 0.05) is 12.7 Å². The van der Waals surface area contributed by atoms with Gasteiger partial charge in [0.25, 0.3) is 0 Å². The molecule has 0 radical (unpaired) electrons. The van der Waals surface area contributed by atoms with Gasteiger partial charge in [0.2, 0.25) is 0 Å². The largest absolute Gasteiger partial charge is 0.396 e. The van der Waals surface area contributed by atoms with E-state index in [4.69, 9.17) is 10.8 Å². The number of nitrogens with zero attached hydrogens (tertiary/aromatic N) is 1. The molecular formula is C9H15N3O. The van der Waals surface area contributed by atoms with Crippen molar-refractivity contribution in [2.45, 2.75) is 19.4 Å². The fourth-order valence-corrected chi connectivity index (χ4v) is 0.983. The number of nitrogens with one attached hydrogen (secondary N) is 1. The Morgan fingerprint density at radius 2 is 2.46 bits per heavy atom. The lowest BCUT2D eigenvalue weighted by Crippen LogP contribution is -2.10. The topological polar surface area (TPSA) is 71.2 Å². The molecule has 0 aliphatic rings. The summed E-state index contributed by atoms with van der Waals surface area (Å²) in [6.45, 7) is 2.48. The van der Waals surface area contributed by atoms with E-state index in [1.165, 1.54) is 0 Å². The lowest BCUT2D eigenvalue weighted by molar-refractivity contribution is 0.189. The third-order valence-electron chi connectivity index (χ3n) is 1.73. The maximum Gasteiger partial charge on any atom is 0.0736 e. The van der Waals surface area contributed by atoms with Crippen LogP contribution in [0.5, 0.6) is 0 Å². The fraction of sp³-hybridized carbons (Fsp3) is 0.444. The van der Waals surface area contributed by atoms with Crippen LogP contribution >= 0.6 is 0 Å². The Kier molecular flexibility index (Phi) is 3.52. The van der Waals surface area contributed by atoms with Gasteiger partial charge in [-0.15, -0.1) is 0 Å². The van der Waals surface area contributed by atoms with Gasteiger partial charge in [-0.25, -0.2) is 0 Å². The Morgan fingerprint density at radius 1 is 1.69 bits per heavy atom. The van der Waals surface area contributed by atoms with Crippen molar-refractivity contribution in [3.05, 3.63) is 18.5 Å². The van der Waals surface area contributed by atoms with Crippen molar-refractivity contribution in [1.29, 1.82) is 0 Å². The van der Waals surface area contributed by atoms with Gasteiger partial charge in [0.05, 0.1) is 23.7 Å². The van der Waals surface area contributed by atoms with Gasteiger partial charge in [0.1, 0.15) is 0 Å². The first-order valence-electron chi connectivity index (χ1n) is 4.31. The van der Waals surface area contributed by atoms with Crippen molar-refractivity contribution in [3.8, 4) is 0 Å². The van der Waals surface area contributed by atoms with Crippen LogP contribution in [0, 0.1) is 0 Å². The standard InChI is InChI=1S/C9H15N3O/c1-7(13)2-5-12-9-3-4-11-6-8(9)10/h3-4,6-7,13H,2,5,10H2,1H3,(H,11,12). The van der Waals surface area contributed by atoms with Crippen molar-refractivity contribution < 1.29 is 5.11 Å². The SMILES string of the molecule is CC(O)CCNc1ccncc1N. The Bertz CT molecular complexity index is 263. The number of hydrogen-bond donors (Lipinski definition) is 3. The summed E-state index contributed by atoms with van der Waals surface area (Å²) >= 11 is 0. The molecule has 4 heteroatoms. The predicted molar refractivity (Wildman–Crippen MR) is 53.4 cm³/mol. The first kappa shape index (κ1) is 9.80. The molecule has 4 N–H and O–H groups in total. The summed E-state index contributed by atoms with van der Waals surface area (Å²) in [4.78, 5) is 3.87. The molecule has 72 valence electrons. The Balaban J connectivity index is 2.41. The summed E-state index contributed by atoms with van der Waals surface area (Å²) in [5.41, 5.74) is 7.15. The van der Waals surface area contributed by atoms with Crippen LogP contribution in [-0.2, 0) is 0 Å². The van der Waals surface area contributed by atoms with Crippen molar-refractivity contribution in [3.63, 3.8) is 0 Å². The maximum absolute atomic E-state index is 9.02. The van der Waals surface area contributed by atoms with Crippen LogP contribution in [0.4, 0.5) is 11.4 Å². The van der Waals surface area contributed by atoms with Crippen LogP contribution in [0.1, 0.15) is 13.3 Å². The summed E-state index contributed by atoms with van der Waals surface area (Å²) in [6, 6.07) is 1.82. The zero-order valence-corrected chi connectivity index (χ0v) is 7.70. The number of aromatic nitrogens is 1. The third kappa shape index (κ3) is 3.29. The number of hydrogen-bond acceptors (Lipinski definition) is 4. The second kappa shape index (κ2) is 4.67. The molecule has 0 saturated carbocycles. The number of nitrogen functional groups attached to an aromatic ring is 1. The predicted octanol–water partition coefficient (Wildman–Crippen LogP) is 0.847. The molecule has 0 aliphatic carbocycles.